The average Bonchev–Trinajstić information content (AvgIpc) is 2.65. The van der Waals surface area contributed by atoms with E-state index in [-0.39, 0.29) is 0 Å². The van der Waals surface area contributed by atoms with Crippen molar-refractivity contribution >= 4 is 36.0 Å². The van der Waals surface area contributed by atoms with E-state index in [4.69, 9.17) is 5.73 Å². The van der Waals surface area contributed by atoms with Gasteiger partial charge in [-0.1, -0.05) is 18.2 Å². The summed E-state index contributed by atoms with van der Waals surface area (Å²) >= 11 is 5.91. The van der Waals surface area contributed by atoms with Crippen LogP contribution in [0.5, 0.6) is 0 Å². The molecule has 2 N–H and O–H groups in total. The topological polar surface area (TPSA) is 45.4 Å². The molecule has 142 valence electrons. The number of nitrogens with zero attached hydrogens (tertiary/aromatic N) is 3. The first kappa shape index (κ1) is 21.2. The molecule has 1 aromatic heterocycles. The molecule has 4 nitrogen and oxygen atoms in total. The molecule has 0 atom stereocenters. The van der Waals surface area contributed by atoms with Crippen molar-refractivity contribution in [1.82, 2.24) is 9.29 Å². The lowest BCUT2D eigenvalue weighted by Gasteiger charge is -2.20. The molecular weight excluding hydrogens is 372 g/mol. The number of benzene rings is 2. The van der Waals surface area contributed by atoms with E-state index in [0.29, 0.717) is 0 Å². The van der Waals surface area contributed by atoms with Gasteiger partial charge in [0.05, 0.1) is 11.4 Å². The van der Waals surface area contributed by atoms with Gasteiger partial charge < -0.3 is 10.6 Å². The van der Waals surface area contributed by atoms with E-state index in [0.717, 1.165) is 22.8 Å². The number of rotatable bonds is 5. The van der Waals surface area contributed by atoms with E-state index < -0.39 is 0 Å². The Morgan fingerprint density at radius 3 is 2.26 bits per heavy atom. The van der Waals surface area contributed by atoms with Crippen molar-refractivity contribution in [2.24, 2.45) is 0 Å². The summed E-state index contributed by atoms with van der Waals surface area (Å²) in [7, 11) is 6.08. The van der Waals surface area contributed by atoms with Crippen LogP contribution in [-0.4, -0.2) is 30.4 Å². The van der Waals surface area contributed by atoms with Crippen LogP contribution in [0.2, 0.25) is 0 Å². The molecule has 0 bridgehead atoms. The highest BCUT2D eigenvalue weighted by Crippen LogP contribution is 2.22. The predicted octanol–water partition coefficient (Wildman–Crippen LogP) is 4.84. The van der Waals surface area contributed by atoms with Crippen molar-refractivity contribution in [2.75, 3.05) is 31.8 Å². The van der Waals surface area contributed by atoms with Gasteiger partial charge in [0.15, 0.2) is 0 Å². The van der Waals surface area contributed by atoms with E-state index in [2.05, 4.69) is 45.0 Å². The van der Waals surface area contributed by atoms with Gasteiger partial charge in [0.1, 0.15) is 0 Å². The number of aromatic nitrogens is 1. The first-order valence-corrected chi connectivity index (χ1v) is 9.76. The van der Waals surface area contributed by atoms with Crippen LogP contribution < -0.4 is 10.6 Å². The lowest BCUT2D eigenvalue weighted by Crippen LogP contribution is -2.17. The maximum Gasteiger partial charge on any atom is 0.0600 e. The second-order valence-electron chi connectivity index (χ2n) is 6.17. The van der Waals surface area contributed by atoms with Crippen molar-refractivity contribution in [3.63, 3.8) is 0 Å². The minimum Gasteiger partial charge on any atom is -0.397 e. The Labute approximate surface area is 172 Å². The number of hydrogen-bond acceptors (Lipinski definition) is 6. The molecule has 1 heterocycles. The first-order chi connectivity index (χ1) is 13.0. The molecule has 0 aliphatic carbocycles. The molecule has 6 heteroatoms. The van der Waals surface area contributed by atoms with Gasteiger partial charge in [-0.2, -0.15) is 0 Å². The largest absolute Gasteiger partial charge is 0.397 e. The minimum atomic E-state index is 0.800. The van der Waals surface area contributed by atoms with Crippen molar-refractivity contribution < 1.29 is 0 Å². The summed E-state index contributed by atoms with van der Waals surface area (Å²) < 4.78 is 2.06. The molecule has 3 aromatic rings. The third-order valence-corrected chi connectivity index (χ3v) is 4.76. The molecule has 27 heavy (non-hydrogen) atoms. The molecule has 0 aliphatic heterocycles. The number of para-hydroxylation sites is 2. The fourth-order valence-electron chi connectivity index (χ4n) is 2.40. The van der Waals surface area contributed by atoms with Gasteiger partial charge in [-0.25, -0.2) is 0 Å². The minimum absolute atomic E-state index is 0.800. The second kappa shape index (κ2) is 10.9. The number of anilines is 2. The zero-order valence-corrected chi connectivity index (χ0v) is 17.6. The summed E-state index contributed by atoms with van der Waals surface area (Å²) in [5.74, 6) is 0. The predicted molar refractivity (Wildman–Crippen MR) is 120 cm³/mol. The summed E-state index contributed by atoms with van der Waals surface area (Å²) in [6.07, 6.45) is 3.65. The molecule has 0 saturated carbocycles. The molecule has 0 unspecified atom stereocenters. The summed E-state index contributed by atoms with van der Waals surface area (Å²) in [6.45, 7) is 0.808. The molecule has 3 rings (SSSR count). The van der Waals surface area contributed by atoms with Crippen LogP contribution in [0.1, 0.15) is 5.56 Å². The maximum atomic E-state index is 5.92. The van der Waals surface area contributed by atoms with Gasteiger partial charge in [0.2, 0.25) is 0 Å². The van der Waals surface area contributed by atoms with Gasteiger partial charge in [0, 0.05) is 35.8 Å². The van der Waals surface area contributed by atoms with Gasteiger partial charge in [-0.15, -0.1) is 12.6 Å². The van der Waals surface area contributed by atoms with Gasteiger partial charge >= 0.3 is 0 Å². The summed E-state index contributed by atoms with van der Waals surface area (Å²) in [6, 6.07) is 20.0. The number of pyridine rings is 1. The highest BCUT2D eigenvalue weighted by Gasteiger charge is 2.04. The monoisotopic (exact) mass is 398 g/mol. The van der Waals surface area contributed by atoms with E-state index in [9.17, 15) is 0 Å². The van der Waals surface area contributed by atoms with Crippen LogP contribution in [0, 0.1) is 0 Å². The molecule has 0 amide bonds. The molecule has 0 radical (unpaired) electrons. The lowest BCUT2D eigenvalue weighted by molar-refractivity contribution is 0.702. The SMILES string of the molecule is CN(C)Sc1ccc(S)cc1.CN(Cc1cccnc1)c1ccccc1N. The van der Waals surface area contributed by atoms with Gasteiger partial charge in [0.25, 0.3) is 0 Å². The zero-order valence-electron chi connectivity index (χ0n) is 15.9. The lowest BCUT2D eigenvalue weighted by atomic mass is 10.2. The maximum absolute atomic E-state index is 5.92. The van der Waals surface area contributed by atoms with Crippen molar-refractivity contribution in [1.29, 1.82) is 0 Å². The first-order valence-electron chi connectivity index (χ1n) is 8.54. The van der Waals surface area contributed by atoms with E-state index in [1.54, 1.807) is 18.1 Å². The fraction of sp³-hybridized carbons (Fsp3) is 0.190. The Morgan fingerprint density at radius 1 is 0.963 bits per heavy atom. The van der Waals surface area contributed by atoms with E-state index in [1.165, 1.54) is 10.5 Å². The average molecular weight is 399 g/mol. The summed E-state index contributed by atoms with van der Waals surface area (Å²) in [5.41, 5.74) is 8.94. The Balaban J connectivity index is 0.000000208. The van der Waals surface area contributed by atoms with E-state index >= 15 is 0 Å². The molecule has 0 spiro atoms. The second-order valence-corrected chi connectivity index (χ2v) is 8.07. The summed E-state index contributed by atoms with van der Waals surface area (Å²) in [4.78, 5) is 8.46. The molecule has 0 saturated heterocycles. The van der Waals surface area contributed by atoms with Gasteiger partial charge in [-0.3, -0.25) is 9.29 Å². The van der Waals surface area contributed by atoms with Crippen LogP contribution in [0.25, 0.3) is 0 Å². The highest BCUT2D eigenvalue weighted by molar-refractivity contribution is 7.97. The highest BCUT2D eigenvalue weighted by atomic mass is 32.2. The van der Waals surface area contributed by atoms with Crippen molar-refractivity contribution in [3.05, 3.63) is 78.6 Å². The van der Waals surface area contributed by atoms with Crippen LogP contribution in [0.15, 0.2) is 82.8 Å². The number of hydrogen-bond donors (Lipinski definition) is 2. The number of thiol groups is 1. The third kappa shape index (κ3) is 7.54. The van der Waals surface area contributed by atoms with Crippen LogP contribution in [0.3, 0.4) is 0 Å². The van der Waals surface area contributed by atoms with Crippen LogP contribution in [0.4, 0.5) is 11.4 Å². The normalized spacial score (nSPS) is 10.3. The van der Waals surface area contributed by atoms with Crippen LogP contribution in [-0.2, 0) is 6.54 Å². The third-order valence-electron chi connectivity index (χ3n) is 3.62. The zero-order chi connectivity index (χ0) is 19.6. The van der Waals surface area contributed by atoms with Crippen molar-refractivity contribution in [3.8, 4) is 0 Å². The fourth-order valence-corrected chi connectivity index (χ4v) is 3.23. The van der Waals surface area contributed by atoms with Crippen molar-refractivity contribution in [2.45, 2.75) is 16.3 Å². The smallest absolute Gasteiger partial charge is 0.0600 e. The van der Waals surface area contributed by atoms with Crippen LogP contribution >= 0.6 is 24.6 Å². The summed E-state index contributed by atoms with van der Waals surface area (Å²) in [5, 5.41) is 0. The molecular formula is C21H26N4S2. The number of nitrogens with two attached hydrogens (primary N) is 1. The Morgan fingerprint density at radius 2 is 1.67 bits per heavy atom. The standard InChI is InChI=1S/C13H15N3.C8H11NS2/c1-16(10-11-5-4-8-15-9-11)13-7-3-2-6-12(13)14;1-9(2)11-8-5-3-7(10)4-6-8/h2-9H,10,14H2,1H3;3-6,10H,1-2H3. The van der Waals surface area contributed by atoms with Gasteiger partial charge in [-0.05, 0) is 74.1 Å². The Kier molecular flexibility index (Phi) is 8.51. The molecule has 2 aromatic carbocycles. The molecule has 0 aliphatic rings. The Hall–Kier alpha value is -2.15. The quantitative estimate of drug-likeness (QED) is 0.366. The van der Waals surface area contributed by atoms with E-state index in [1.807, 2.05) is 69.8 Å². The molecule has 0 fully saturated rings. The Bertz CT molecular complexity index is 808. The number of nitrogen functional groups attached to an aromatic ring is 1.